The smallest absolute Gasteiger partial charge is 0.318 e. The van der Waals surface area contributed by atoms with Crippen LogP contribution in [0.25, 0.3) is 0 Å². The molecule has 0 bridgehead atoms. The molecule has 3 heteroatoms. The maximum atomic E-state index is 11.1. The fourth-order valence-electron chi connectivity index (χ4n) is 1.53. The Morgan fingerprint density at radius 2 is 1.87 bits per heavy atom. The van der Waals surface area contributed by atoms with Gasteiger partial charge in [0.25, 0.3) is 0 Å². The number of hydrogen-bond acceptors (Lipinski definition) is 2. The summed E-state index contributed by atoms with van der Waals surface area (Å²) in [5.41, 5.74) is 0.722. The average molecular weight is 202 g/mol. The number of aliphatic carboxylic acids is 1. The van der Waals surface area contributed by atoms with Crippen molar-refractivity contribution in [2.75, 3.05) is 0 Å². The Kier molecular flexibility index (Phi) is 2.54. The molecule has 0 aliphatic carbocycles. The summed E-state index contributed by atoms with van der Waals surface area (Å²) in [5.74, 6) is -1.17. The third-order valence-electron chi connectivity index (χ3n) is 2.21. The van der Waals surface area contributed by atoms with Gasteiger partial charge in [0, 0.05) is 0 Å². The molecule has 1 aromatic heterocycles. The standard InChI is InChI=1S/C12H10O3/c13-12(14)11(10-7-4-8-15-10)9-5-2-1-3-6-9/h1-8,11H,(H,13,14). The third kappa shape index (κ3) is 1.91. The molecule has 0 amide bonds. The van der Waals surface area contributed by atoms with Crippen LogP contribution < -0.4 is 0 Å². The highest BCUT2D eigenvalue weighted by molar-refractivity contribution is 5.79. The van der Waals surface area contributed by atoms with E-state index in [0.717, 1.165) is 5.56 Å². The Balaban J connectivity index is 2.42. The van der Waals surface area contributed by atoms with Crippen molar-refractivity contribution in [3.63, 3.8) is 0 Å². The van der Waals surface area contributed by atoms with Crippen LogP contribution in [-0.4, -0.2) is 11.1 Å². The van der Waals surface area contributed by atoms with Gasteiger partial charge >= 0.3 is 5.97 Å². The number of carboxylic acids is 1. The fraction of sp³-hybridized carbons (Fsp3) is 0.0833. The van der Waals surface area contributed by atoms with E-state index >= 15 is 0 Å². The summed E-state index contributed by atoms with van der Waals surface area (Å²) < 4.78 is 5.13. The molecule has 1 unspecified atom stereocenters. The van der Waals surface area contributed by atoms with E-state index in [1.165, 1.54) is 6.26 Å². The molecule has 0 spiro atoms. The molecule has 3 nitrogen and oxygen atoms in total. The lowest BCUT2D eigenvalue weighted by Crippen LogP contribution is -2.12. The first-order valence-electron chi connectivity index (χ1n) is 4.60. The van der Waals surface area contributed by atoms with Gasteiger partial charge in [-0.3, -0.25) is 4.79 Å². The molecule has 0 saturated carbocycles. The zero-order valence-corrected chi connectivity index (χ0v) is 7.96. The monoisotopic (exact) mass is 202 g/mol. The van der Waals surface area contributed by atoms with Gasteiger partial charge in [-0.1, -0.05) is 30.3 Å². The van der Waals surface area contributed by atoms with Crippen LogP contribution in [0.15, 0.2) is 53.1 Å². The Hall–Kier alpha value is -2.03. The Morgan fingerprint density at radius 3 is 2.40 bits per heavy atom. The summed E-state index contributed by atoms with van der Waals surface area (Å²) in [6.45, 7) is 0. The summed E-state index contributed by atoms with van der Waals surface area (Å²) in [4.78, 5) is 11.1. The number of benzene rings is 1. The van der Waals surface area contributed by atoms with E-state index in [1.807, 2.05) is 18.2 Å². The van der Waals surface area contributed by atoms with Crippen molar-refractivity contribution >= 4 is 5.97 Å². The van der Waals surface area contributed by atoms with Gasteiger partial charge in [-0.2, -0.15) is 0 Å². The lowest BCUT2D eigenvalue weighted by Gasteiger charge is -2.09. The van der Waals surface area contributed by atoms with Gasteiger partial charge in [0.05, 0.1) is 6.26 Å². The van der Waals surface area contributed by atoms with E-state index in [1.54, 1.807) is 24.3 Å². The first-order chi connectivity index (χ1) is 7.29. The zero-order chi connectivity index (χ0) is 10.7. The normalized spacial score (nSPS) is 12.3. The fourth-order valence-corrected chi connectivity index (χ4v) is 1.53. The maximum Gasteiger partial charge on any atom is 0.318 e. The molecule has 2 aromatic rings. The second-order valence-electron chi connectivity index (χ2n) is 3.20. The van der Waals surface area contributed by atoms with Crippen LogP contribution in [0.3, 0.4) is 0 Å². The van der Waals surface area contributed by atoms with Crippen molar-refractivity contribution in [3.05, 3.63) is 60.1 Å². The zero-order valence-electron chi connectivity index (χ0n) is 7.96. The lowest BCUT2D eigenvalue weighted by molar-refractivity contribution is -0.138. The minimum absolute atomic E-state index is 0.453. The Labute approximate surface area is 87.0 Å². The van der Waals surface area contributed by atoms with Crippen LogP contribution in [0.5, 0.6) is 0 Å². The maximum absolute atomic E-state index is 11.1. The predicted octanol–water partition coefficient (Wildman–Crippen LogP) is 2.50. The molecule has 1 heterocycles. The molecule has 15 heavy (non-hydrogen) atoms. The molecule has 76 valence electrons. The molecule has 0 aliphatic heterocycles. The summed E-state index contributed by atoms with van der Waals surface area (Å²) in [5, 5.41) is 9.14. The lowest BCUT2D eigenvalue weighted by atomic mass is 9.97. The minimum atomic E-state index is -0.906. The molecule has 0 fully saturated rings. The van der Waals surface area contributed by atoms with Gasteiger partial charge in [-0.25, -0.2) is 0 Å². The van der Waals surface area contributed by atoms with Gasteiger partial charge in [0.2, 0.25) is 0 Å². The summed E-state index contributed by atoms with van der Waals surface area (Å²) in [6.07, 6.45) is 1.48. The van der Waals surface area contributed by atoms with Crippen molar-refractivity contribution in [1.29, 1.82) is 0 Å². The van der Waals surface area contributed by atoms with Crippen molar-refractivity contribution in [3.8, 4) is 0 Å². The first kappa shape index (κ1) is 9.52. The molecule has 0 aliphatic rings. The highest BCUT2D eigenvalue weighted by Gasteiger charge is 2.24. The molecular weight excluding hydrogens is 192 g/mol. The molecule has 1 atom stereocenters. The van der Waals surface area contributed by atoms with E-state index in [-0.39, 0.29) is 0 Å². The SMILES string of the molecule is O=C(O)C(c1ccccc1)c1ccco1. The topological polar surface area (TPSA) is 50.4 Å². The number of rotatable bonds is 3. The largest absolute Gasteiger partial charge is 0.480 e. The molecule has 2 rings (SSSR count). The van der Waals surface area contributed by atoms with Crippen molar-refractivity contribution in [2.24, 2.45) is 0 Å². The van der Waals surface area contributed by atoms with E-state index in [2.05, 4.69) is 0 Å². The quantitative estimate of drug-likeness (QED) is 0.831. The average Bonchev–Trinajstić information content (AvgIpc) is 2.72. The van der Waals surface area contributed by atoms with E-state index in [0.29, 0.717) is 5.76 Å². The van der Waals surface area contributed by atoms with Gasteiger partial charge in [-0.05, 0) is 17.7 Å². The second kappa shape index (κ2) is 4.00. The van der Waals surface area contributed by atoms with Crippen LogP contribution in [0.2, 0.25) is 0 Å². The van der Waals surface area contributed by atoms with Gasteiger partial charge in [0.15, 0.2) is 0 Å². The molecule has 0 saturated heterocycles. The van der Waals surface area contributed by atoms with E-state index < -0.39 is 11.9 Å². The molecule has 1 aromatic carbocycles. The number of furan rings is 1. The molecular formula is C12H10O3. The van der Waals surface area contributed by atoms with Gasteiger partial charge in [0.1, 0.15) is 11.7 Å². The first-order valence-corrected chi connectivity index (χ1v) is 4.60. The van der Waals surface area contributed by atoms with Crippen molar-refractivity contribution < 1.29 is 14.3 Å². The third-order valence-corrected chi connectivity index (χ3v) is 2.21. The molecule has 1 N–H and O–H groups in total. The van der Waals surface area contributed by atoms with Crippen LogP contribution in [0.4, 0.5) is 0 Å². The second-order valence-corrected chi connectivity index (χ2v) is 3.20. The van der Waals surface area contributed by atoms with E-state index in [9.17, 15) is 4.79 Å². The number of hydrogen-bond donors (Lipinski definition) is 1. The summed E-state index contributed by atoms with van der Waals surface area (Å²) >= 11 is 0. The number of carbonyl (C=O) groups is 1. The van der Waals surface area contributed by atoms with Crippen LogP contribution in [-0.2, 0) is 4.79 Å². The van der Waals surface area contributed by atoms with Gasteiger partial charge < -0.3 is 9.52 Å². The summed E-state index contributed by atoms with van der Waals surface area (Å²) in [7, 11) is 0. The summed E-state index contributed by atoms with van der Waals surface area (Å²) in [6, 6.07) is 12.4. The minimum Gasteiger partial charge on any atom is -0.480 e. The van der Waals surface area contributed by atoms with Crippen LogP contribution in [0, 0.1) is 0 Å². The Bertz CT molecular complexity index is 431. The number of carboxylic acid groups (broad SMARTS) is 1. The van der Waals surface area contributed by atoms with Crippen LogP contribution in [0.1, 0.15) is 17.2 Å². The van der Waals surface area contributed by atoms with Crippen molar-refractivity contribution in [1.82, 2.24) is 0 Å². The van der Waals surface area contributed by atoms with Crippen LogP contribution >= 0.6 is 0 Å². The van der Waals surface area contributed by atoms with Crippen molar-refractivity contribution in [2.45, 2.75) is 5.92 Å². The highest BCUT2D eigenvalue weighted by Crippen LogP contribution is 2.24. The highest BCUT2D eigenvalue weighted by atomic mass is 16.4. The molecule has 0 radical (unpaired) electrons. The predicted molar refractivity (Wildman–Crippen MR) is 54.6 cm³/mol. The Morgan fingerprint density at radius 1 is 1.13 bits per heavy atom. The van der Waals surface area contributed by atoms with E-state index in [4.69, 9.17) is 9.52 Å². The van der Waals surface area contributed by atoms with Gasteiger partial charge in [-0.15, -0.1) is 0 Å².